The van der Waals surface area contributed by atoms with E-state index in [9.17, 15) is 4.39 Å². The van der Waals surface area contributed by atoms with Crippen molar-refractivity contribution < 1.29 is 4.39 Å². The van der Waals surface area contributed by atoms with Crippen molar-refractivity contribution in [3.63, 3.8) is 0 Å². The fraction of sp³-hybridized carbons (Fsp3) is 0.250. The van der Waals surface area contributed by atoms with Crippen LogP contribution in [-0.2, 0) is 0 Å². The molecule has 2 nitrogen and oxygen atoms in total. The molecule has 16 heavy (non-hydrogen) atoms. The van der Waals surface area contributed by atoms with E-state index in [2.05, 4.69) is 39.3 Å². The fourth-order valence-corrected chi connectivity index (χ4v) is 2.32. The summed E-state index contributed by atoms with van der Waals surface area (Å²) in [5.74, 6) is 0.618. The van der Waals surface area contributed by atoms with Crippen LogP contribution < -0.4 is 0 Å². The van der Waals surface area contributed by atoms with Crippen LogP contribution in [0.4, 0.5) is 4.39 Å². The second-order valence-corrected chi connectivity index (χ2v) is 4.69. The lowest BCUT2D eigenvalue weighted by Gasteiger charge is -2.13. The van der Waals surface area contributed by atoms with Crippen molar-refractivity contribution in [3.05, 3.63) is 40.9 Å². The third-order valence-corrected chi connectivity index (χ3v) is 2.96. The topological polar surface area (TPSA) is 17.8 Å². The zero-order chi connectivity index (χ0) is 11.7. The van der Waals surface area contributed by atoms with E-state index >= 15 is 0 Å². The highest BCUT2D eigenvalue weighted by molar-refractivity contribution is 9.10. The molecule has 0 N–H and O–H groups in total. The molecule has 0 amide bonds. The number of hydrogen-bond acceptors (Lipinski definition) is 1. The normalized spacial score (nSPS) is 11.1. The zero-order valence-electron chi connectivity index (χ0n) is 9.11. The lowest BCUT2D eigenvalue weighted by atomic mass is 10.2. The number of rotatable bonds is 2. The van der Waals surface area contributed by atoms with E-state index in [0.29, 0.717) is 6.04 Å². The Morgan fingerprint density at radius 2 is 1.88 bits per heavy atom. The first-order valence-electron chi connectivity index (χ1n) is 5.08. The Kier molecular flexibility index (Phi) is 3.10. The molecule has 0 saturated carbocycles. The molecule has 0 aliphatic heterocycles. The molecule has 0 saturated heterocycles. The average Bonchev–Trinajstić information content (AvgIpc) is 2.61. The third kappa shape index (κ3) is 2.02. The summed E-state index contributed by atoms with van der Waals surface area (Å²) in [6, 6.07) is 6.67. The Morgan fingerprint density at radius 1 is 1.25 bits per heavy atom. The predicted octanol–water partition coefficient (Wildman–Crippen LogP) is 4.03. The standard InChI is InChI=1S/C12H12BrFN2/c1-8(2)16-11(13)7-15-12(16)9-3-5-10(14)6-4-9/h3-8H,1-2H3. The number of imidazole rings is 1. The Hall–Kier alpha value is -1.16. The van der Waals surface area contributed by atoms with Gasteiger partial charge in [0.25, 0.3) is 0 Å². The van der Waals surface area contributed by atoms with Crippen LogP contribution in [-0.4, -0.2) is 9.55 Å². The summed E-state index contributed by atoms with van der Waals surface area (Å²) >= 11 is 3.46. The quantitative estimate of drug-likeness (QED) is 0.813. The molecule has 0 unspecified atom stereocenters. The summed E-state index contributed by atoms with van der Waals surface area (Å²) in [4.78, 5) is 4.33. The van der Waals surface area contributed by atoms with Gasteiger partial charge in [0.2, 0.25) is 0 Å². The molecular formula is C12H12BrFN2. The number of halogens is 2. The van der Waals surface area contributed by atoms with Crippen molar-refractivity contribution in [2.45, 2.75) is 19.9 Å². The van der Waals surface area contributed by atoms with Gasteiger partial charge in [0.15, 0.2) is 0 Å². The van der Waals surface area contributed by atoms with Gasteiger partial charge < -0.3 is 4.57 Å². The highest BCUT2D eigenvalue weighted by Crippen LogP contribution is 2.26. The summed E-state index contributed by atoms with van der Waals surface area (Å²) in [5, 5.41) is 0. The van der Waals surface area contributed by atoms with Crippen molar-refractivity contribution in [3.8, 4) is 11.4 Å². The van der Waals surface area contributed by atoms with Crippen LogP contribution in [0.5, 0.6) is 0 Å². The molecular weight excluding hydrogens is 271 g/mol. The maximum atomic E-state index is 12.8. The average molecular weight is 283 g/mol. The molecule has 0 aliphatic carbocycles. The summed E-state index contributed by atoms with van der Waals surface area (Å²) in [6.07, 6.45) is 1.76. The number of hydrogen-bond donors (Lipinski definition) is 0. The van der Waals surface area contributed by atoms with Crippen molar-refractivity contribution in [1.82, 2.24) is 9.55 Å². The van der Waals surface area contributed by atoms with Gasteiger partial charge in [-0.25, -0.2) is 9.37 Å². The molecule has 2 aromatic rings. The molecule has 0 atom stereocenters. The van der Waals surface area contributed by atoms with Gasteiger partial charge in [-0.05, 0) is 54.0 Å². The second kappa shape index (κ2) is 4.37. The minimum atomic E-state index is -0.231. The summed E-state index contributed by atoms with van der Waals surface area (Å²) in [6.45, 7) is 4.17. The summed E-state index contributed by atoms with van der Waals surface area (Å²) in [5.41, 5.74) is 0.917. The van der Waals surface area contributed by atoms with Crippen LogP contribution in [0.2, 0.25) is 0 Å². The van der Waals surface area contributed by atoms with Crippen molar-refractivity contribution in [2.24, 2.45) is 0 Å². The van der Waals surface area contributed by atoms with Crippen molar-refractivity contribution in [1.29, 1.82) is 0 Å². The van der Waals surface area contributed by atoms with Crippen LogP contribution in [0, 0.1) is 5.82 Å². The molecule has 1 aromatic carbocycles. The van der Waals surface area contributed by atoms with Gasteiger partial charge in [0.1, 0.15) is 16.2 Å². The SMILES string of the molecule is CC(C)n1c(Br)cnc1-c1ccc(F)cc1. The molecule has 0 radical (unpaired) electrons. The lowest BCUT2D eigenvalue weighted by Crippen LogP contribution is -2.03. The first kappa shape index (κ1) is 11.3. The number of benzene rings is 1. The summed E-state index contributed by atoms with van der Waals surface area (Å²) in [7, 11) is 0. The highest BCUT2D eigenvalue weighted by atomic mass is 79.9. The molecule has 0 aliphatic rings. The van der Waals surface area contributed by atoms with E-state index in [1.165, 1.54) is 12.1 Å². The molecule has 4 heteroatoms. The van der Waals surface area contributed by atoms with Gasteiger partial charge in [-0.1, -0.05) is 0 Å². The fourth-order valence-electron chi connectivity index (χ4n) is 1.64. The van der Waals surface area contributed by atoms with Gasteiger partial charge in [0, 0.05) is 11.6 Å². The third-order valence-electron chi connectivity index (χ3n) is 2.37. The van der Waals surface area contributed by atoms with Crippen LogP contribution >= 0.6 is 15.9 Å². The van der Waals surface area contributed by atoms with E-state index < -0.39 is 0 Å². The smallest absolute Gasteiger partial charge is 0.141 e. The Morgan fingerprint density at radius 3 is 2.44 bits per heavy atom. The highest BCUT2D eigenvalue weighted by Gasteiger charge is 2.12. The van der Waals surface area contributed by atoms with Crippen molar-refractivity contribution >= 4 is 15.9 Å². The lowest BCUT2D eigenvalue weighted by molar-refractivity contribution is 0.595. The molecule has 1 aromatic heterocycles. The maximum Gasteiger partial charge on any atom is 0.141 e. The van der Waals surface area contributed by atoms with Crippen LogP contribution in [0.15, 0.2) is 35.1 Å². The van der Waals surface area contributed by atoms with Gasteiger partial charge in [-0.15, -0.1) is 0 Å². The monoisotopic (exact) mass is 282 g/mol. The molecule has 0 fully saturated rings. The minimum absolute atomic E-state index is 0.231. The van der Waals surface area contributed by atoms with Crippen LogP contribution in [0.3, 0.4) is 0 Å². The molecule has 0 spiro atoms. The second-order valence-electron chi connectivity index (χ2n) is 3.88. The van der Waals surface area contributed by atoms with E-state index in [1.54, 1.807) is 18.3 Å². The molecule has 0 bridgehead atoms. The van der Waals surface area contributed by atoms with Gasteiger partial charge in [-0.3, -0.25) is 0 Å². The zero-order valence-corrected chi connectivity index (χ0v) is 10.7. The Bertz CT molecular complexity index is 488. The maximum absolute atomic E-state index is 12.8. The van der Waals surface area contributed by atoms with Gasteiger partial charge >= 0.3 is 0 Å². The van der Waals surface area contributed by atoms with E-state index in [4.69, 9.17) is 0 Å². The first-order chi connectivity index (χ1) is 7.59. The number of aromatic nitrogens is 2. The van der Waals surface area contributed by atoms with Crippen LogP contribution in [0.1, 0.15) is 19.9 Å². The van der Waals surface area contributed by atoms with Crippen molar-refractivity contribution in [2.75, 3.05) is 0 Å². The molecule has 84 valence electrons. The molecule has 2 rings (SSSR count). The predicted molar refractivity (Wildman–Crippen MR) is 65.7 cm³/mol. The largest absolute Gasteiger partial charge is 0.316 e. The minimum Gasteiger partial charge on any atom is -0.316 e. The van der Waals surface area contributed by atoms with Crippen LogP contribution in [0.25, 0.3) is 11.4 Å². The number of nitrogens with zero attached hydrogens (tertiary/aromatic N) is 2. The van der Waals surface area contributed by atoms with E-state index in [-0.39, 0.29) is 5.82 Å². The summed E-state index contributed by atoms with van der Waals surface area (Å²) < 4.78 is 15.8. The molecule has 1 heterocycles. The van der Waals surface area contributed by atoms with Gasteiger partial charge in [-0.2, -0.15) is 0 Å². The Labute approximate surface area is 102 Å². The van der Waals surface area contributed by atoms with E-state index in [0.717, 1.165) is 16.0 Å². The first-order valence-corrected chi connectivity index (χ1v) is 5.87. The Balaban J connectivity index is 2.52. The van der Waals surface area contributed by atoms with Gasteiger partial charge in [0.05, 0.1) is 6.20 Å². The van der Waals surface area contributed by atoms with E-state index in [1.807, 2.05) is 0 Å².